The molecule has 102 valence electrons. The van der Waals surface area contributed by atoms with Crippen molar-refractivity contribution in [2.24, 2.45) is 0 Å². The lowest BCUT2D eigenvalue weighted by Crippen LogP contribution is -2.08. The number of halogens is 2. The third-order valence-corrected chi connectivity index (χ3v) is 3.47. The monoisotopic (exact) mass is 307 g/mol. The van der Waals surface area contributed by atoms with Crippen molar-refractivity contribution in [2.75, 3.05) is 0 Å². The van der Waals surface area contributed by atoms with Gasteiger partial charge in [-0.2, -0.15) is 0 Å². The van der Waals surface area contributed by atoms with Crippen molar-refractivity contribution in [2.45, 2.75) is 17.7 Å². The Labute approximate surface area is 126 Å². The number of rotatable bonds is 3. The summed E-state index contributed by atoms with van der Waals surface area (Å²) in [7, 11) is 0. The van der Waals surface area contributed by atoms with Crippen LogP contribution >= 0.6 is 23.2 Å². The molecule has 3 rings (SSSR count). The highest BCUT2D eigenvalue weighted by molar-refractivity contribution is 6.45. The van der Waals surface area contributed by atoms with E-state index in [-0.39, 0.29) is 12.2 Å². The van der Waals surface area contributed by atoms with Gasteiger partial charge in [-0.15, -0.1) is 23.2 Å². The van der Waals surface area contributed by atoms with E-state index in [0.717, 1.165) is 16.9 Å². The van der Waals surface area contributed by atoms with Crippen molar-refractivity contribution in [1.82, 2.24) is 4.98 Å². The lowest BCUT2D eigenvalue weighted by atomic mass is 9.98. The summed E-state index contributed by atoms with van der Waals surface area (Å²) in [5.41, 5.74) is 2.58. The Hall–Kier alpha value is -1.58. The molecule has 2 aromatic rings. The molecule has 1 aliphatic rings. The number of ether oxygens (including phenoxy) is 1. The van der Waals surface area contributed by atoms with Gasteiger partial charge >= 0.3 is 0 Å². The Morgan fingerprint density at radius 3 is 2.95 bits per heavy atom. The fourth-order valence-electron chi connectivity index (χ4n) is 2.21. The van der Waals surface area contributed by atoms with E-state index >= 15 is 0 Å². The lowest BCUT2D eigenvalue weighted by Gasteiger charge is -2.19. The topological polar surface area (TPSA) is 39.2 Å². The van der Waals surface area contributed by atoms with Gasteiger partial charge in [0.2, 0.25) is 5.88 Å². The second-order valence-electron chi connectivity index (χ2n) is 4.59. The minimum absolute atomic E-state index is 0.0696. The van der Waals surface area contributed by atoms with Crippen LogP contribution in [-0.4, -0.2) is 15.6 Å². The first-order valence-corrected chi connectivity index (χ1v) is 7.07. The number of Topliss-reactive ketones (excluding diaryl/α,β-unsaturated/α-hetero) is 1. The van der Waals surface area contributed by atoms with Crippen LogP contribution in [0.25, 0.3) is 0 Å². The van der Waals surface area contributed by atoms with E-state index < -0.39 is 4.84 Å². The van der Waals surface area contributed by atoms with Crippen LogP contribution in [0, 0.1) is 0 Å². The molecular weight excluding hydrogens is 297 g/mol. The first kappa shape index (κ1) is 13.4. The summed E-state index contributed by atoms with van der Waals surface area (Å²) in [6.07, 6.45) is 2.51. The maximum atomic E-state index is 12.0. The van der Waals surface area contributed by atoms with Gasteiger partial charge in [-0.1, -0.05) is 6.07 Å². The fourth-order valence-corrected chi connectivity index (χ4v) is 2.49. The van der Waals surface area contributed by atoms with Gasteiger partial charge in [0.05, 0.1) is 0 Å². The quantitative estimate of drug-likeness (QED) is 0.539. The van der Waals surface area contributed by atoms with Gasteiger partial charge in [0.25, 0.3) is 0 Å². The van der Waals surface area contributed by atoms with Gasteiger partial charge in [0.15, 0.2) is 5.78 Å². The number of aromatic nitrogens is 1. The van der Waals surface area contributed by atoms with E-state index in [2.05, 4.69) is 4.98 Å². The Morgan fingerprint density at radius 2 is 2.15 bits per heavy atom. The van der Waals surface area contributed by atoms with Crippen molar-refractivity contribution < 1.29 is 9.53 Å². The molecule has 1 aromatic heterocycles. The molecule has 0 unspecified atom stereocenters. The molecule has 0 radical (unpaired) electrons. The molecule has 0 amide bonds. The molecule has 1 aliphatic heterocycles. The zero-order chi connectivity index (χ0) is 14.1. The largest absolute Gasteiger partial charge is 0.438 e. The summed E-state index contributed by atoms with van der Waals surface area (Å²) in [5, 5.41) is 0. The van der Waals surface area contributed by atoms with Crippen LogP contribution in [0.4, 0.5) is 0 Å². The molecular formula is C15H11Cl2NO2. The van der Waals surface area contributed by atoms with Gasteiger partial charge < -0.3 is 4.74 Å². The molecule has 0 bridgehead atoms. The van der Waals surface area contributed by atoms with Gasteiger partial charge in [0.1, 0.15) is 10.6 Å². The molecule has 5 heteroatoms. The predicted octanol–water partition coefficient (Wildman–Crippen LogP) is 4.15. The first-order chi connectivity index (χ1) is 9.63. The normalized spacial score (nSPS) is 12.6. The molecule has 0 saturated carbocycles. The number of nitrogens with zero attached hydrogens (tertiary/aromatic N) is 1. The number of benzene rings is 1. The van der Waals surface area contributed by atoms with Crippen molar-refractivity contribution in [3.63, 3.8) is 0 Å². The molecule has 0 spiro atoms. The smallest absolute Gasteiger partial charge is 0.222 e. The fraction of sp³-hybridized carbons (Fsp3) is 0.200. The van der Waals surface area contributed by atoms with Crippen LogP contribution in [0.2, 0.25) is 0 Å². The Balaban J connectivity index is 1.90. The van der Waals surface area contributed by atoms with E-state index in [1.54, 1.807) is 18.3 Å². The average molecular weight is 308 g/mol. The van der Waals surface area contributed by atoms with Gasteiger partial charge in [0, 0.05) is 35.7 Å². The van der Waals surface area contributed by atoms with Crippen LogP contribution in [0.5, 0.6) is 11.6 Å². The Kier molecular flexibility index (Phi) is 3.64. The zero-order valence-corrected chi connectivity index (χ0v) is 12.0. The highest BCUT2D eigenvalue weighted by Crippen LogP contribution is 2.35. The summed E-state index contributed by atoms with van der Waals surface area (Å²) in [6, 6.07) is 9.19. The van der Waals surface area contributed by atoms with Crippen LogP contribution < -0.4 is 4.74 Å². The zero-order valence-electron chi connectivity index (χ0n) is 10.5. The number of alkyl halides is 2. The number of carbonyl (C=O) groups is 1. The summed E-state index contributed by atoms with van der Waals surface area (Å²) in [6.45, 7) is 0. The van der Waals surface area contributed by atoms with Crippen LogP contribution in [0.15, 0.2) is 36.5 Å². The SMILES string of the molecule is O=C(CC(Cl)Cl)c1ccc2c(c1)Cc1cccnc1O2. The Bertz CT molecular complexity index is 671. The summed E-state index contributed by atoms with van der Waals surface area (Å²) in [4.78, 5) is 15.5. The molecule has 0 atom stereocenters. The predicted molar refractivity (Wildman–Crippen MR) is 78.0 cm³/mol. The minimum Gasteiger partial charge on any atom is -0.438 e. The maximum absolute atomic E-state index is 12.0. The van der Waals surface area contributed by atoms with Gasteiger partial charge in [-0.05, 0) is 24.3 Å². The number of ketones is 1. The highest BCUT2D eigenvalue weighted by atomic mass is 35.5. The average Bonchev–Trinajstić information content (AvgIpc) is 2.43. The molecule has 0 aliphatic carbocycles. The first-order valence-electron chi connectivity index (χ1n) is 6.19. The number of pyridine rings is 1. The van der Waals surface area contributed by atoms with Crippen LogP contribution in [0.1, 0.15) is 27.9 Å². The van der Waals surface area contributed by atoms with Gasteiger partial charge in [-0.3, -0.25) is 4.79 Å². The second kappa shape index (κ2) is 5.43. The van der Waals surface area contributed by atoms with E-state index in [0.29, 0.717) is 17.9 Å². The number of hydrogen-bond acceptors (Lipinski definition) is 3. The molecule has 0 N–H and O–H groups in total. The molecule has 0 fully saturated rings. The van der Waals surface area contributed by atoms with Crippen molar-refractivity contribution in [3.8, 4) is 11.6 Å². The van der Waals surface area contributed by atoms with Crippen molar-refractivity contribution in [1.29, 1.82) is 0 Å². The number of carbonyl (C=O) groups excluding carboxylic acids is 1. The summed E-state index contributed by atoms with van der Waals surface area (Å²) >= 11 is 11.3. The third kappa shape index (κ3) is 2.65. The van der Waals surface area contributed by atoms with Gasteiger partial charge in [-0.25, -0.2) is 4.98 Å². The third-order valence-electron chi connectivity index (χ3n) is 3.16. The van der Waals surface area contributed by atoms with Crippen molar-refractivity contribution in [3.05, 3.63) is 53.2 Å². The summed E-state index contributed by atoms with van der Waals surface area (Å²) in [5.74, 6) is 1.29. The van der Waals surface area contributed by atoms with E-state index in [4.69, 9.17) is 27.9 Å². The maximum Gasteiger partial charge on any atom is 0.222 e. The van der Waals surface area contributed by atoms with E-state index in [1.807, 2.05) is 18.2 Å². The van der Waals surface area contributed by atoms with E-state index in [9.17, 15) is 4.79 Å². The molecule has 20 heavy (non-hydrogen) atoms. The molecule has 1 aromatic carbocycles. The molecule has 2 heterocycles. The van der Waals surface area contributed by atoms with Crippen molar-refractivity contribution >= 4 is 29.0 Å². The van der Waals surface area contributed by atoms with Crippen LogP contribution in [-0.2, 0) is 6.42 Å². The second-order valence-corrected chi connectivity index (χ2v) is 5.86. The number of fused-ring (bicyclic) bond motifs is 2. The standard InChI is InChI=1S/C15H11Cl2NO2/c16-14(17)8-12(19)9-3-4-13-11(6-9)7-10-2-1-5-18-15(10)20-13/h1-6,14H,7-8H2. The summed E-state index contributed by atoms with van der Waals surface area (Å²) < 4.78 is 5.72. The molecule has 3 nitrogen and oxygen atoms in total. The number of hydrogen-bond donors (Lipinski definition) is 0. The minimum atomic E-state index is -0.681. The Morgan fingerprint density at radius 1 is 1.30 bits per heavy atom. The molecule has 0 saturated heterocycles. The highest BCUT2D eigenvalue weighted by Gasteiger charge is 2.19. The van der Waals surface area contributed by atoms with Crippen LogP contribution in [0.3, 0.4) is 0 Å². The lowest BCUT2D eigenvalue weighted by molar-refractivity contribution is 0.0986. The van der Waals surface area contributed by atoms with E-state index in [1.165, 1.54) is 0 Å².